The van der Waals surface area contributed by atoms with Gasteiger partial charge in [-0.25, -0.2) is 8.42 Å². The van der Waals surface area contributed by atoms with E-state index in [0.717, 1.165) is 3.79 Å². The molecule has 1 aliphatic rings. The summed E-state index contributed by atoms with van der Waals surface area (Å²) in [4.78, 5) is 10.6. The Kier molecular flexibility index (Phi) is 4.10. The van der Waals surface area contributed by atoms with Crippen LogP contribution in [0.2, 0.25) is 0 Å². The molecule has 0 spiro atoms. The third-order valence-corrected chi connectivity index (χ3v) is 6.81. The standard InChI is InChI=1S/C10H12BrNO4S2/c11-8-1-2-10(17-8)18(15,16)12-4-3-7(6-12)5-9(13)14/h1-2,7H,3-6H2,(H,13,14). The quantitative estimate of drug-likeness (QED) is 0.898. The first kappa shape index (κ1) is 14.0. The van der Waals surface area contributed by atoms with E-state index in [1.165, 1.54) is 15.6 Å². The van der Waals surface area contributed by atoms with Gasteiger partial charge in [0.15, 0.2) is 0 Å². The summed E-state index contributed by atoms with van der Waals surface area (Å²) in [6.45, 7) is 0.694. The summed E-state index contributed by atoms with van der Waals surface area (Å²) in [5, 5.41) is 8.71. The predicted molar refractivity (Wildman–Crippen MR) is 71.1 cm³/mol. The predicted octanol–water partition coefficient (Wildman–Crippen LogP) is 2.00. The number of sulfonamides is 1. The van der Waals surface area contributed by atoms with Crippen LogP contribution in [0.1, 0.15) is 12.8 Å². The molecule has 0 bridgehead atoms. The van der Waals surface area contributed by atoms with Gasteiger partial charge in [0.1, 0.15) is 4.21 Å². The van der Waals surface area contributed by atoms with Gasteiger partial charge in [0.05, 0.1) is 3.79 Å². The molecule has 8 heteroatoms. The minimum Gasteiger partial charge on any atom is -0.481 e. The van der Waals surface area contributed by atoms with Gasteiger partial charge in [-0.1, -0.05) is 0 Å². The summed E-state index contributed by atoms with van der Waals surface area (Å²) in [5.41, 5.74) is 0. The minimum absolute atomic E-state index is 0.0279. The van der Waals surface area contributed by atoms with E-state index in [2.05, 4.69) is 15.9 Å². The molecule has 100 valence electrons. The maximum Gasteiger partial charge on any atom is 0.303 e. The lowest BCUT2D eigenvalue weighted by Gasteiger charge is -2.14. The van der Waals surface area contributed by atoms with Gasteiger partial charge in [0.25, 0.3) is 10.0 Å². The summed E-state index contributed by atoms with van der Waals surface area (Å²) >= 11 is 4.40. The Hall–Kier alpha value is -0.440. The summed E-state index contributed by atoms with van der Waals surface area (Å²) in [7, 11) is -3.46. The van der Waals surface area contributed by atoms with E-state index >= 15 is 0 Å². The van der Waals surface area contributed by atoms with Gasteiger partial charge >= 0.3 is 5.97 Å². The fourth-order valence-corrected chi connectivity index (χ4v) is 5.69. The van der Waals surface area contributed by atoms with Crippen molar-refractivity contribution in [3.05, 3.63) is 15.9 Å². The number of hydrogen-bond donors (Lipinski definition) is 1. The van der Waals surface area contributed by atoms with E-state index in [4.69, 9.17) is 5.11 Å². The molecular formula is C10H12BrNO4S2. The molecule has 0 saturated carbocycles. The molecule has 1 aromatic heterocycles. The topological polar surface area (TPSA) is 74.7 Å². The molecule has 0 amide bonds. The van der Waals surface area contributed by atoms with E-state index in [1.54, 1.807) is 12.1 Å². The van der Waals surface area contributed by atoms with E-state index in [0.29, 0.717) is 23.7 Å². The van der Waals surface area contributed by atoms with E-state index in [1.807, 2.05) is 0 Å². The number of halogens is 1. The third-order valence-electron chi connectivity index (χ3n) is 2.85. The summed E-state index contributed by atoms with van der Waals surface area (Å²) in [6, 6.07) is 3.26. The number of rotatable bonds is 4. The Labute approximate surface area is 118 Å². The first-order valence-electron chi connectivity index (χ1n) is 5.37. The smallest absolute Gasteiger partial charge is 0.303 e. The van der Waals surface area contributed by atoms with Gasteiger partial charge in [0, 0.05) is 19.5 Å². The average molecular weight is 354 g/mol. The molecule has 2 heterocycles. The number of nitrogens with zero attached hydrogens (tertiary/aromatic N) is 1. The number of carboxylic acids is 1. The van der Waals surface area contributed by atoms with Crippen molar-refractivity contribution in [2.45, 2.75) is 17.1 Å². The van der Waals surface area contributed by atoms with Gasteiger partial charge in [-0.05, 0) is 40.4 Å². The van der Waals surface area contributed by atoms with Crippen molar-refractivity contribution in [3.8, 4) is 0 Å². The molecule has 1 atom stereocenters. The highest BCUT2D eigenvalue weighted by Crippen LogP contribution is 2.31. The maximum absolute atomic E-state index is 12.2. The van der Waals surface area contributed by atoms with Crippen molar-refractivity contribution in [3.63, 3.8) is 0 Å². The minimum atomic E-state index is -3.46. The van der Waals surface area contributed by atoms with Crippen LogP contribution in [0.5, 0.6) is 0 Å². The molecule has 2 rings (SSSR count). The zero-order valence-electron chi connectivity index (χ0n) is 9.37. The Morgan fingerprint density at radius 1 is 1.56 bits per heavy atom. The molecule has 1 unspecified atom stereocenters. The fraction of sp³-hybridized carbons (Fsp3) is 0.500. The number of thiophene rings is 1. The van der Waals surface area contributed by atoms with Crippen molar-refractivity contribution in [2.75, 3.05) is 13.1 Å². The van der Waals surface area contributed by atoms with Crippen LogP contribution >= 0.6 is 27.3 Å². The molecule has 18 heavy (non-hydrogen) atoms. The molecule has 1 fully saturated rings. The van der Waals surface area contributed by atoms with Gasteiger partial charge in [0.2, 0.25) is 0 Å². The average Bonchev–Trinajstić information content (AvgIpc) is 2.86. The summed E-state index contributed by atoms with van der Waals surface area (Å²) in [6.07, 6.45) is 0.637. The lowest BCUT2D eigenvalue weighted by atomic mass is 10.1. The Morgan fingerprint density at radius 3 is 2.83 bits per heavy atom. The largest absolute Gasteiger partial charge is 0.481 e. The third kappa shape index (κ3) is 2.93. The van der Waals surface area contributed by atoms with E-state index in [9.17, 15) is 13.2 Å². The molecule has 1 aromatic rings. The second-order valence-electron chi connectivity index (χ2n) is 4.17. The molecule has 0 radical (unpaired) electrons. The van der Waals surface area contributed by atoms with Crippen LogP contribution in [0.15, 0.2) is 20.1 Å². The summed E-state index contributed by atoms with van der Waals surface area (Å²) < 4.78 is 26.9. The first-order valence-corrected chi connectivity index (χ1v) is 8.42. The Morgan fingerprint density at radius 2 is 2.28 bits per heavy atom. The molecule has 1 saturated heterocycles. The number of hydrogen-bond acceptors (Lipinski definition) is 4. The van der Waals surface area contributed by atoms with Crippen LogP contribution in [-0.4, -0.2) is 36.9 Å². The maximum atomic E-state index is 12.2. The van der Waals surface area contributed by atoms with Crippen LogP contribution in [0.25, 0.3) is 0 Å². The van der Waals surface area contributed by atoms with Crippen molar-refractivity contribution in [1.82, 2.24) is 4.31 Å². The first-order chi connectivity index (χ1) is 8.39. The lowest BCUT2D eigenvalue weighted by molar-refractivity contribution is -0.137. The van der Waals surface area contributed by atoms with Crippen LogP contribution < -0.4 is 0 Å². The zero-order chi connectivity index (χ0) is 13.3. The van der Waals surface area contributed by atoms with Crippen molar-refractivity contribution in [1.29, 1.82) is 0 Å². The second kappa shape index (κ2) is 5.28. The number of carboxylic acid groups (broad SMARTS) is 1. The normalized spacial score (nSPS) is 21.3. The van der Waals surface area contributed by atoms with Crippen molar-refractivity contribution < 1.29 is 18.3 Å². The van der Waals surface area contributed by atoms with Crippen molar-refractivity contribution in [2.24, 2.45) is 5.92 Å². The number of aliphatic carboxylic acids is 1. The number of carbonyl (C=O) groups is 1. The lowest BCUT2D eigenvalue weighted by Crippen LogP contribution is -2.28. The highest BCUT2D eigenvalue weighted by atomic mass is 79.9. The van der Waals surface area contributed by atoms with Crippen LogP contribution in [-0.2, 0) is 14.8 Å². The van der Waals surface area contributed by atoms with E-state index < -0.39 is 16.0 Å². The highest BCUT2D eigenvalue weighted by molar-refractivity contribution is 9.11. The molecule has 5 nitrogen and oxygen atoms in total. The van der Waals surface area contributed by atoms with Gasteiger partial charge in [-0.3, -0.25) is 4.79 Å². The molecule has 1 aliphatic heterocycles. The highest BCUT2D eigenvalue weighted by Gasteiger charge is 2.34. The second-order valence-corrected chi connectivity index (χ2v) is 8.80. The Bertz CT molecular complexity index is 554. The zero-order valence-corrected chi connectivity index (χ0v) is 12.6. The summed E-state index contributed by atoms with van der Waals surface area (Å²) in [5.74, 6) is -0.959. The molecule has 0 aromatic carbocycles. The van der Waals surface area contributed by atoms with Crippen molar-refractivity contribution >= 4 is 43.3 Å². The fourth-order valence-electron chi connectivity index (χ4n) is 1.99. The van der Waals surface area contributed by atoms with Gasteiger partial charge in [-0.15, -0.1) is 11.3 Å². The van der Waals surface area contributed by atoms with Gasteiger partial charge in [-0.2, -0.15) is 4.31 Å². The molecule has 1 N–H and O–H groups in total. The van der Waals surface area contributed by atoms with Crippen LogP contribution in [0.4, 0.5) is 0 Å². The monoisotopic (exact) mass is 353 g/mol. The van der Waals surface area contributed by atoms with E-state index in [-0.39, 0.29) is 12.3 Å². The Balaban J connectivity index is 2.11. The SMILES string of the molecule is O=C(O)CC1CCN(S(=O)(=O)c2ccc(Br)s2)C1. The van der Waals surface area contributed by atoms with Gasteiger partial charge < -0.3 is 5.11 Å². The van der Waals surface area contributed by atoms with Crippen LogP contribution in [0, 0.1) is 5.92 Å². The van der Waals surface area contributed by atoms with Crippen LogP contribution in [0.3, 0.4) is 0 Å². The molecular weight excluding hydrogens is 342 g/mol. The molecule has 0 aliphatic carbocycles.